The average molecular weight is 272 g/mol. The number of carboxylic acid groups (broad SMARTS) is 1. The first-order valence-electron chi connectivity index (χ1n) is 6.81. The van der Waals surface area contributed by atoms with Crippen LogP contribution in [0.2, 0.25) is 0 Å². The fourth-order valence-corrected chi connectivity index (χ4v) is 2.26. The van der Waals surface area contributed by atoms with Crippen LogP contribution >= 0.6 is 0 Å². The van der Waals surface area contributed by atoms with Crippen molar-refractivity contribution in [2.45, 2.75) is 26.7 Å². The number of nitrogens with one attached hydrogen (secondary N) is 1. The Morgan fingerprint density at radius 1 is 1.32 bits per heavy atom. The van der Waals surface area contributed by atoms with Crippen molar-refractivity contribution >= 4 is 12.0 Å². The van der Waals surface area contributed by atoms with Gasteiger partial charge in [0.25, 0.3) is 0 Å². The van der Waals surface area contributed by atoms with Gasteiger partial charge in [0.1, 0.15) is 0 Å². The fourth-order valence-electron chi connectivity index (χ4n) is 2.26. The van der Waals surface area contributed by atoms with E-state index in [9.17, 15) is 9.59 Å². The lowest BCUT2D eigenvalue weighted by molar-refractivity contribution is -0.138. The Hall–Kier alpha value is -1.30. The Kier molecular flexibility index (Phi) is 6.62. The molecule has 2 N–H and O–H groups in total. The van der Waals surface area contributed by atoms with Crippen LogP contribution in [-0.4, -0.2) is 54.9 Å². The third kappa shape index (κ3) is 6.42. The van der Waals surface area contributed by atoms with E-state index in [1.165, 1.54) is 0 Å². The van der Waals surface area contributed by atoms with Crippen molar-refractivity contribution in [1.29, 1.82) is 0 Å². The zero-order valence-electron chi connectivity index (χ0n) is 11.7. The molecular formula is C13H24N2O4. The van der Waals surface area contributed by atoms with E-state index >= 15 is 0 Å². The molecule has 1 aliphatic heterocycles. The summed E-state index contributed by atoms with van der Waals surface area (Å²) in [7, 11) is 0. The van der Waals surface area contributed by atoms with Gasteiger partial charge in [-0.3, -0.25) is 4.79 Å². The molecule has 0 aliphatic carbocycles. The van der Waals surface area contributed by atoms with Gasteiger partial charge < -0.3 is 20.1 Å². The molecule has 0 unspecified atom stereocenters. The van der Waals surface area contributed by atoms with Gasteiger partial charge in [-0.15, -0.1) is 0 Å². The molecule has 0 saturated carbocycles. The maximum Gasteiger partial charge on any atom is 0.317 e. The molecule has 1 rings (SSSR count). The third-order valence-corrected chi connectivity index (χ3v) is 3.11. The molecule has 19 heavy (non-hydrogen) atoms. The van der Waals surface area contributed by atoms with Gasteiger partial charge in [0, 0.05) is 26.1 Å². The van der Waals surface area contributed by atoms with Crippen molar-refractivity contribution in [3.63, 3.8) is 0 Å². The normalized spacial score (nSPS) is 17.3. The van der Waals surface area contributed by atoms with E-state index in [1.54, 1.807) is 4.90 Å². The summed E-state index contributed by atoms with van der Waals surface area (Å²) in [4.78, 5) is 24.4. The molecule has 0 radical (unpaired) electrons. The van der Waals surface area contributed by atoms with Gasteiger partial charge >= 0.3 is 12.0 Å². The van der Waals surface area contributed by atoms with E-state index in [0.717, 1.165) is 6.42 Å². The number of morpholine rings is 1. The summed E-state index contributed by atoms with van der Waals surface area (Å²) in [6.07, 6.45) is 0.900. The first-order valence-corrected chi connectivity index (χ1v) is 6.81. The average Bonchev–Trinajstić information content (AvgIpc) is 2.35. The number of rotatable bonds is 6. The molecule has 0 aromatic rings. The van der Waals surface area contributed by atoms with Gasteiger partial charge in [-0.05, 0) is 18.3 Å². The quantitative estimate of drug-likeness (QED) is 0.760. The Morgan fingerprint density at radius 2 is 1.95 bits per heavy atom. The van der Waals surface area contributed by atoms with Gasteiger partial charge in [0.05, 0.1) is 13.2 Å². The number of carbonyl (C=O) groups excluding carboxylic acids is 1. The minimum atomic E-state index is -0.814. The van der Waals surface area contributed by atoms with Gasteiger partial charge in [0.2, 0.25) is 0 Å². The number of hydrogen-bond donors (Lipinski definition) is 2. The smallest absolute Gasteiger partial charge is 0.317 e. The minimum absolute atomic E-state index is 0.0116. The lowest BCUT2D eigenvalue weighted by Gasteiger charge is -2.28. The van der Waals surface area contributed by atoms with Gasteiger partial charge in [-0.25, -0.2) is 4.79 Å². The van der Waals surface area contributed by atoms with Crippen molar-refractivity contribution in [2.24, 2.45) is 11.8 Å². The molecule has 110 valence electrons. The molecule has 1 aliphatic rings. The molecule has 0 aromatic carbocycles. The first-order chi connectivity index (χ1) is 8.99. The van der Waals surface area contributed by atoms with Crippen LogP contribution in [0.1, 0.15) is 26.7 Å². The highest BCUT2D eigenvalue weighted by Gasteiger charge is 2.19. The predicted octanol–water partition coefficient (Wildman–Crippen LogP) is 1.17. The van der Waals surface area contributed by atoms with Crippen molar-refractivity contribution in [2.75, 3.05) is 32.8 Å². The second-order valence-electron chi connectivity index (χ2n) is 5.38. The largest absolute Gasteiger partial charge is 0.481 e. The number of amides is 2. The van der Waals surface area contributed by atoms with Crippen LogP contribution in [0, 0.1) is 11.8 Å². The number of carboxylic acids is 1. The standard InChI is InChI=1S/C13H24N2O4/c1-10(2)7-11(8-12(16)17)9-14-13(18)15-3-5-19-6-4-15/h10-11H,3-9H2,1-2H3,(H,14,18)(H,16,17)/t11-/m0/s1. The fraction of sp³-hybridized carbons (Fsp3) is 0.846. The highest BCUT2D eigenvalue weighted by Crippen LogP contribution is 2.14. The highest BCUT2D eigenvalue weighted by atomic mass is 16.5. The summed E-state index contributed by atoms with van der Waals surface area (Å²) in [5.41, 5.74) is 0. The molecule has 1 fully saturated rings. The van der Waals surface area contributed by atoms with Crippen LogP contribution in [0.5, 0.6) is 0 Å². The van der Waals surface area contributed by atoms with Crippen LogP contribution in [0.15, 0.2) is 0 Å². The SMILES string of the molecule is CC(C)C[C@H](CNC(=O)N1CCOCC1)CC(=O)O. The number of hydrogen-bond acceptors (Lipinski definition) is 3. The van der Waals surface area contributed by atoms with E-state index in [-0.39, 0.29) is 18.4 Å². The molecule has 0 bridgehead atoms. The zero-order chi connectivity index (χ0) is 14.3. The maximum atomic E-state index is 11.9. The zero-order valence-corrected chi connectivity index (χ0v) is 11.7. The monoisotopic (exact) mass is 272 g/mol. The lowest BCUT2D eigenvalue weighted by Crippen LogP contribution is -2.47. The van der Waals surface area contributed by atoms with E-state index in [4.69, 9.17) is 9.84 Å². The van der Waals surface area contributed by atoms with E-state index < -0.39 is 5.97 Å². The highest BCUT2D eigenvalue weighted by molar-refractivity contribution is 5.74. The number of ether oxygens (including phenoxy) is 1. The summed E-state index contributed by atoms with van der Waals surface area (Å²) < 4.78 is 5.18. The van der Waals surface area contributed by atoms with Crippen LogP contribution in [0.4, 0.5) is 4.79 Å². The second-order valence-corrected chi connectivity index (χ2v) is 5.38. The maximum absolute atomic E-state index is 11.9. The summed E-state index contributed by atoms with van der Waals surface area (Å²) in [5.74, 6) is -0.404. The van der Waals surface area contributed by atoms with Crippen molar-refractivity contribution in [1.82, 2.24) is 10.2 Å². The molecule has 6 nitrogen and oxygen atoms in total. The van der Waals surface area contributed by atoms with Crippen molar-refractivity contribution < 1.29 is 19.4 Å². The molecule has 0 spiro atoms. The Labute approximate surface area is 114 Å². The van der Waals surface area contributed by atoms with Gasteiger partial charge in [0.15, 0.2) is 0 Å². The van der Waals surface area contributed by atoms with Crippen LogP contribution in [0.3, 0.4) is 0 Å². The van der Waals surface area contributed by atoms with Gasteiger partial charge in [-0.1, -0.05) is 13.8 Å². The van der Waals surface area contributed by atoms with Gasteiger partial charge in [-0.2, -0.15) is 0 Å². The number of nitrogens with zero attached hydrogens (tertiary/aromatic N) is 1. The molecule has 6 heteroatoms. The summed E-state index contributed by atoms with van der Waals surface area (Å²) in [5, 5.41) is 11.7. The third-order valence-electron chi connectivity index (χ3n) is 3.11. The Balaban J connectivity index is 2.36. The Bertz CT molecular complexity index is 301. The second kappa shape index (κ2) is 7.99. The van der Waals surface area contributed by atoms with Crippen LogP contribution < -0.4 is 5.32 Å². The summed E-state index contributed by atoms with van der Waals surface area (Å²) in [6, 6.07) is -0.123. The van der Waals surface area contributed by atoms with Crippen molar-refractivity contribution in [3.8, 4) is 0 Å². The van der Waals surface area contributed by atoms with E-state index in [2.05, 4.69) is 19.2 Å². The minimum Gasteiger partial charge on any atom is -0.481 e. The molecule has 0 aromatic heterocycles. The summed E-state index contributed by atoms with van der Waals surface area (Å²) in [6.45, 7) is 6.85. The molecule has 2 amide bonds. The van der Waals surface area contributed by atoms with Crippen LogP contribution in [0.25, 0.3) is 0 Å². The number of aliphatic carboxylic acids is 1. The summed E-state index contributed by atoms with van der Waals surface area (Å²) >= 11 is 0. The topological polar surface area (TPSA) is 78.9 Å². The van der Waals surface area contributed by atoms with E-state index in [1.807, 2.05) is 0 Å². The van der Waals surface area contributed by atoms with Crippen LogP contribution in [-0.2, 0) is 9.53 Å². The van der Waals surface area contributed by atoms with Crippen molar-refractivity contribution in [3.05, 3.63) is 0 Å². The molecule has 1 atom stereocenters. The number of carbonyl (C=O) groups is 2. The molecule has 1 saturated heterocycles. The molecular weight excluding hydrogens is 248 g/mol. The Morgan fingerprint density at radius 3 is 2.47 bits per heavy atom. The predicted molar refractivity (Wildman–Crippen MR) is 71.0 cm³/mol. The molecule has 1 heterocycles. The number of urea groups is 1. The first kappa shape index (κ1) is 15.8. The van der Waals surface area contributed by atoms with E-state index in [0.29, 0.717) is 38.8 Å². The lowest BCUT2D eigenvalue weighted by atomic mass is 9.94.